The lowest BCUT2D eigenvalue weighted by atomic mass is 10.1. The molecule has 1 unspecified atom stereocenters. The van der Waals surface area contributed by atoms with Gasteiger partial charge in [-0.1, -0.05) is 0 Å². The largest absolute Gasteiger partial charge is 0.481 e. The van der Waals surface area contributed by atoms with Crippen LogP contribution in [-0.2, 0) is 4.79 Å². The zero-order valence-electron chi connectivity index (χ0n) is 12.8. The fourth-order valence-corrected chi connectivity index (χ4v) is 2.65. The van der Waals surface area contributed by atoms with Crippen molar-refractivity contribution >= 4 is 12.0 Å². The third kappa shape index (κ3) is 5.00. The van der Waals surface area contributed by atoms with Crippen molar-refractivity contribution in [3.05, 3.63) is 0 Å². The van der Waals surface area contributed by atoms with Crippen molar-refractivity contribution < 1.29 is 14.7 Å². The number of amides is 2. The van der Waals surface area contributed by atoms with Gasteiger partial charge in [0.2, 0.25) is 0 Å². The molecule has 2 amide bonds. The van der Waals surface area contributed by atoms with Gasteiger partial charge in [0.1, 0.15) is 0 Å². The fraction of sp³-hybridized carbons (Fsp3) is 0.857. The van der Waals surface area contributed by atoms with Crippen LogP contribution in [0.3, 0.4) is 0 Å². The van der Waals surface area contributed by atoms with Crippen LogP contribution in [0.5, 0.6) is 0 Å². The Morgan fingerprint density at radius 2 is 2.00 bits per heavy atom. The number of hydrogen-bond acceptors (Lipinski definition) is 3. The molecule has 1 fully saturated rings. The van der Waals surface area contributed by atoms with Crippen molar-refractivity contribution in [1.29, 1.82) is 0 Å². The van der Waals surface area contributed by atoms with Gasteiger partial charge in [-0.3, -0.25) is 4.79 Å². The standard InChI is InChI=1S/C14H27N3O3/c1-4-16(9-6-8-15(2)3)14(20)17-10-5-7-12(17)11-13(18)19/h12H,4-11H2,1-3H3,(H,18,19). The summed E-state index contributed by atoms with van der Waals surface area (Å²) in [4.78, 5) is 29.0. The SMILES string of the molecule is CCN(CCCN(C)C)C(=O)N1CCCC1CC(=O)O. The normalized spacial score (nSPS) is 18.6. The maximum absolute atomic E-state index is 12.5. The molecule has 0 radical (unpaired) electrons. The topological polar surface area (TPSA) is 64.1 Å². The van der Waals surface area contributed by atoms with Crippen LogP contribution in [0.4, 0.5) is 4.79 Å². The number of nitrogens with zero attached hydrogens (tertiary/aromatic N) is 3. The first kappa shape index (κ1) is 16.8. The molecule has 0 aromatic rings. The lowest BCUT2D eigenvalue weighted by Crippen LogP contribution is -2.46. The third-order valence-corrected chi connectivity index (χ3v) is 3.72. The van der Waals surface area contributed by atoms with Crippen LogP contribution < -0.4 is 0 Å². The number of likely N-dealkylation sites (tertiary alicyclic amines) is 1. The maximum Gasteiger partial charge on any atom is 0.320 e. The van der Waals surface area contributed by atoms with Gasteiger partial charge in [-0.25, -0.2) is 4.79 Å². The molecule has 1 saturated heterocycles. The quantitative estimate of drug-likeness (QED) is 0.766. The zero-order valence-corrected chi connectivity index (χ0v) is 12.8. The van der Waals surface area contributed by atoms with Crippen molar-refractivity contribution in [2.75, 3.05) is 40.3 Å². The highest BCUT2D eigenvalue weighted by Crippen LogP contribution is 2.21. The predicted molar refractivity (Wildman–Crippen MR) is 77.8 cm³/mol. The molecule has 1 atom stereocenters. The Balaban J connectivity index is 2.53. The molecule has 0 saturated carbocycles. The van der Waals surface area contributed by atoms with Crippen LogP contribution in [0, 0.1) is 0 Å². The molecule has 0 aromatic carbocycles. The van der Waals surface area contributed by atoms with Crippen LogP contribution in [0.1, 0.15) is 32.6 Å². The number of carboxylic acids is 1. The Kier molecular flexibility index (Phi) is 6.78. The first-order valence-corrected chi connectivity index (χ1v) is 7.37. The molecule has 0 bridgehead atoms. The Labute approximate surface area is 121 Å². The summed E-state index contributed by atoms with van der Waals surface area (Å²) in [6, 6.07) is -0.141. The van der Waals surface area contributed by atoms with Crippen molar-refractivity contribution in [2.45, 2.75) is 38.6 Å². The fourth-order valence-electron chi connectivity index (χ4n) is 2.65. The van der Waals surface area contributed by atoms with Gasteiger partial charge in [0.15, 0.2) is 0 Å². The van der Waals surface area contributed by atoms with Gasteiger partial charge in [-0.15, -0.1) is 0 Å². The smallest absolute Gasteiger partial charge is 0.320 e. The van der Waals surface area contributed by atoms with Crippen LogP contribution in [-0.4, -0.2) is 78.1 Å². The van der Waals surface area contributed by atoms with E-state index >= 15 is 0 Å². The van der Waals surface area contributed by atoms with E-state index in [1.807, 2.05) is 25.9 Å². The summed E-state index contributed by atoms with van der Waals surface area (Å²) in [6.45, 7) is 4.99. The highest BCUT2D eigenvalue weighted by molar-refractivity contribution is 5.76. The van der Waals surface area contributed by atoms with E-state index in [0.717, 1.165) is 32.4 Å². The van der Waals surface area contributed by atoms with Crippen LogP contribution in [0.2, 0.25) is 0 Å². The molecule has 20 heavy (non-hydrogen) atoms. The second kappa shape index (κ2) is 8.09. The summed E-state index contributed by atoms with van der Waals surface area (Å²) >= 11 is 0. The van der Waals surface area contributed by atoms with Crippen molar-refractivity contribution in [3.8, 4) is 0 Å². The Morgan fingerprint density at radius 1 is 1.30 bits per heavy atom. The molecule has 0 spiro atoms. The first-order chi connectivity index (χ1) is 9.45. The predicted octanol–water partition coefficient (Wildman–Crippen LogP) is 1.32. The molecule has 1 aliphatic rings. The maximum atomic E-state index is 12.5. The second-order valence-corrected chi connectivity index (χ2v) is 5.61. The Morgan fingerprint density at radius 3 is 2.55 bits per heavy atom. The van der Waals surface area contributed by atoms with Gasteiger partial charge >= 0.3 is 12.0 Å². The third-order valence-electron chi connectivity index (χ3n) is 3.72. The number of carboxylic acid groups (broad SMARTS) is 1. The van der Waals surface area contributed by atoms with E-state index in [1.165, 1.54) is 0 Å². The first-order valence-electron chi connectivity index (χ1n) is 7.37. The van der Waals surface area contributed by atoms with E-state index in [1.54, 1.807) is 4.90 Å². The van der Waals surface area contributed by atoms with Crippen molar-refractivity contribution in [1.82, 2.24) is 14.7 Å². The lowest BCUT2D eigenvalue weighted by molar-refractivity contribution is -0.138. The van der Waals surface area contributed by atoms with Crippen LogP contribution in [0.25, 0.3) is 0 Å². The number of carbonyl (C=O) groups is 2. The Hall–Kier alpha value is -1.30. The second-order valence-electron chi connectivity index (χ2n) is 5.61. The molecule has 6 heteroatoms. The van der Waals surface area contributed by atoms with Gasteiger partial charge in [0.05, 0.1) is 6.42 Å². The van der Waals surface area contributed by atoms with Gasteiger partial charge in [-0.05, 0) is 46.8 Å². The van der Waals surface area contributed by atoms with E-state index in [9.17, 15) is 9.59 Å². The molecule has 1 N–H and O–H groups in total. The molecule has 0 aliphatic carbocycles. The van der Waals surface area contributed by atoms with Gasteiger partial charge in [0.25, 0.3) is 0 Å². The van der Waals surface area contributed by atoms with Crippen LogP contribution >= 0.6 is 0 Å². The van der Waals surface area contributed by atoms with Crippen LogP contribution in [0.15, 0.2) is 0 Å². The molecule has 1 aliphatic heterocycles. The minimum Gasteiger partial charge on any atom is -0.481 e. The summed E-state index contributed by atoms with van der Waals surface area (Å²) in [6.07, 6.45) is 2.69. The minimum atomic E-state index is -0.828. The average molecular weight is 285 g/mol. The highest BCUT2D eigenvalue weighted by Gasteiger charge is 2.32. The zero-order chi connectivity index (χ0) is 15.1. The molecule has 116 valence electrons. The number of carbonyl (C=O) groups excluding carboxylic acids is 1. The number of rotatable bonds is 7. The average Bonchev–Trinajstić information content (AvgIpc) is 2.80. The highest BCUT2D eigenvalue weighted by atomic mass is 16.4. The summed E-state index contributed by atoms with van der Waals surface area (Å²) in [5.74, 6) is -0.828. The van der Waals surface area contributed by atoms with Crippen molar-refractivity contribution in [2.24, 2.45) is 0 Å². The van der Waals surface area contributed by atoms with E-state index in [-0.39, 0.29) is 18.5 Å². The summed E-state index contributed by atoms with van der Waals surface area (Å²) in [5, 5.41) is 8.91. The molecule has 1 rings (SSSR count). The molecule has 6 nitrogen and oxygen atoms in total. The molecule has 1 heterocycles. The van der Waals surface area contributed by atoms with Gasteiger partial charge < -0.3 is 19.8 Å². The van der Waals surface area contributed by atoms with Gasteiger partial charge in [0, 0.05) is 25.7 Å². The van der Waals surface area contributed by atoms with E-state index in [4.69, 9.17) is 5.11 Å². The van der Waals surface area contributed by atoms with E-state index in [0.29, 0.717) is 13.1 Å². The lowest BCUT2D eigenvalue weighted by Gasteiger charge is -2.31. The summed E-state index contributed by atoms with van der Waals surface area (Å²) in [7, 11) is 4.03. The summed E-state index contributed by atoms with van der Waals surface area (Å²) in [5.41, 5.74) is 0. The molecular weight excluding hydrogens is 258 g/mol. The Bertz CT molecular complexity index is 334. The van der Waals surface area contributed by atoms with Crippen molar-refractivity contribution in [3.63, 3.8) is 0 Å². The number of hydrogen-bond donors (Lipinski definition) is 1. The molecular formula is C14H27N3O3. The van der Waals surface area contributed by atoms with E-state index in [2.05, 4.69) is 4.90 Å². The number of aliphatic carboxylic acids is 1. The van der Waals surface area contributed by atoms with E-state index < -0.39 is 5.97 Å². The van der Waals surface area contributed by atoms with Gasteiger partial charge in [-0.2, -0.15) is 0 Å². The minimum absolute atomic E-state index is 0.00462. The number of urea groups is 1. The summed E-state index contributed by atoms with van der Waals surface area (Å²) < 4.78 is 0. The monoisotopic (exact) mass is 285 g/mol. The molecule has 0 aromatic heterocycles.